The fraction of sp³-hybridized carbons (Fsp3) is 0.400. The summed E-state index contributed by atoms with van der Waals surface area (Å²) in [5.41, 5.74) is 6.56. The molecule has 3 N–H and O–H groups in total. The van der Waals surface area contributed by atoms with E-state index < -0.39 is 11.8 Å². The van der Waals surface area contributed by atoms with E-state index in [4.69, 9.17) is 22.1 Å². The minimum absolute atomic E-state index is 0.135. The zero-order chi connectivity index (χ0) is 24.5. The summed E-state index contributed by atoms with van der Waals surface area (Å²) in [4.78, 5) is 14.6. The van der Waals surface area contributed by atoms with Crippen LogP contribution < -0.4 is 20.8 Å². The number of halogens is 4. The maximum Gasteiger partial charge on any atom is 0.573 e. The Labute approximate surface area is 200 Å². The lowest BCUT2D eigenvalue weighted by molar-refractivity contribution is -0.274. The fourth-order valence-electron chi connectivity index (χ4n) is 4.95. The zero-order valence-electron chi connectivity index (χ0n) is 18.6. The Morgan fingerprint density at radius 2 is 1.94 bits per heavy atom. The number of rotatable bonds is 6. The molecule has 1 heterocycles. The molecule has 0 aliphatic heterocycles. The molecule has 0 saturated heterocycles. The molecule has 34 heavy (non-hydrogen) atoms. The number of ether oxygens (including phenoxy) is 2. The Kier molecular flexibility index (Phi) is 6.82. The van der Waals surface area contributed by atoms with E-state index in [1.165, 1.54) is 12.1 Å². The molecule has 0 spiro atoms. The summed E-state index contributed by atoms with van der Waals surface area (Å²) in [6.07, 6.45) is -0.0394. The molecule has 0 amide bonds. The van der Waals surface area contributed by atoms with Crippen molar-refractivity contribution in [1.29, 1.82) is 0 Å². The number of fused-ring (bicyclic) bond motifs is 1. The van der Waals surface area contributed by atoms with E-state index in [0.29, 0.717) is 48.3 Å². The Hall–Kier alpha value is -2.71. The van der Waals surface area contributed by atoms with E-state index in [-0.39, 0.29) is 23.5 Å². The number of nitrogens with one attached hydrogen (secondary N) is 1. The molecule has 0 bridgehead atoms. The van der Waals surface area contributed by atoms with Crippen LogP contribution in [0.4, 0.5) is 13.2 Å². The molecule has 1 fully saturated rings. The number of hydrogen-bond acceptors (Lipinski definition) is 4. The van der Waals surface area contributed by atoms with E-state index in [1.807, 2.05) is 13.0 Å². The molecule has 1 aromatic heterocycles. The summed E-state index contributed by atoms with van der Waals surface area (Å²) >= 11 is 6.39. The van der Waals surface area contributed by atoms with Gasteiger partial charge in [0.1, 0.15) is 11.5 Å². The molecule has 2 aromatic carbocycles. The third-order valence-corrected chi connectivity index (χ3v) is 7.03. The highest BCUT2D eigenvalue weighted by Gasteiger charge is 2.42. The van der Waals surface area contributed by atoms with Gasteiger partial charge in [-0.15, -0.1) is 13.2 Å². The Morgan fingerprint density at radius 1 is 1.21 bits per heavy atom. The van der Waals surface area contributed by atoms with Gasteiger partial charge in [-0.2, -0.15) is 0 Å². The normalized spacial score (nSPS) is 21.9. The van der Waals surface area contributed by atoms with Gasteiger partial charge in [-0.1, -0.05) is 30.7 Å². The molecule has 1 atom stereocenters. The summed E-state index contributed by atoms with van der Waals surface area (Å²) in [5, 5.41) is 1.56. The number of aromatic nitrogens is 1. The zero-order valence-corrected chi connectivity index (χ0v) is 19.4. The van der Waals surface area contributed by atoms with Crippen LogP contribution in [0.1, 0.15) is 44.6 Å². The van der Waals surface area contributed by atoms with Crippen LogP contribution >= 0.6 is 11.6 Å². The van der Waals surface area contributed by atoms with E-state index in [0.717, 1.165) is 10.9 Å². The smallest absolute Gasteiger partial charge is 0.489 e. The topological polar surface area (TPSA) is 77.3 Å². The number of nitrogens with two attached hydrogens (primary N) is 1. The second-order valence-corrected chi connectivity index (χ2v) is 9.15. The van der Waals surface area contributed by atoms with Crippen LogP contribution in [0.3, 0.4) is 0 Å². The first kappa shape index (κ1) is 24.4. The summed E-state index contributed by atoms with van der Waals surface area (Å²) in [6, 6.07) is 11.0. The van der Waals surface area contributed by atoms with Crippen LogP contribution in [-0.2, 0) is 5.41 Å². The van der Waals surface area contributed by atoms with Gasteiger partial charge in [0.15, 0.2) is 0 Å². The SMILES string of the molecule is CC[C@@H](N)C1(c2cccc(OC(F)(F)F)c2)CCC(Oc2cc3cc[nH]c(=O)c3cc2Cl)CC1. The fourth-order valence-corrected chi connectivity index (χ4v) is 5.16. The van der Waals surface area contributed by atoms with Gasteiger partial charge in [-0.3, -0.25) is 4.79 Å². The first-order chi connectivity index (χ1) is 16.1. The highest BCUT2D eigenvalue weighted by Crippen LogP contribution is 2.45. The van der Waals surface area contributed by atoms with Gasteiger partial charge in [0.2, 0.25) is 0 Å². The van der Waals surface area contributed by atoms with E-state index in [1.54, 1.807) is 30.5 Å². The second-order valence-electron chi connectivity index (χ2n) is 8.74. The number of H-pyrrole nitrogens is 1. The van der Waals surface area contributed by atoms with Gasteiger partial charge < -0.3 is 20.2 Å². The van der Waals surface area contributed by atoms with Crippen molar-refractivity contribution in [2.75, 3.05) is 0 Å². The van der Waals surface area contributed by atoms with Crippen LogP contribution in [0.5, 0.6) is 11.5 Å². The number of hydrogen-bond donors (Lipinski definition) is 2. The van der Waals surface area contributed by atoms with Crippen molar-refractivity contribution in [2.45, 2.75) is 63.0 Å². The molecule has 1 saturated carbocycles. The van der Waals surface area contributed by atoms with Crippen LogP contribution in [0, 0.1) is 0 Å². The lowest BCUT2D eigenvalue weighted by atomic mass is 9.64. The van der Waals surface area contributed by atoms with Crippen LogP contribution in [0.2, 0.25) is 5.02 Å². The monoisotopic (exact) mass is 494 g/mol. The molecular weight excluding hydrogens is 469 g/mol. The van der Waals surface area contributed by atoms with E-state index in [9.17, 15) is 18.0 Å². The molecule has 0 unspecified atom stereocenters. The molecular formula is C25H26ClF3N2O3. The van der Waals surface area contributed by atoms with Crippen molar-refractivity contribution < 1.29 is 22.6 Å². The maximum atomic E-state index is 12.8. The summed E-state index contributed by atoms with van der Waals surface area (Å²) in [5.74, 6) is 0.251. The lowest BCUT2D eigenvalue weighted by Crippen LogP contribution is -2.48. The predicted octanol–water partition coefficient (Wildman–Crippen LogP) is 6.08. The molecule has 4 rings (SSSR count). The van der Waals surface area contributed by atoms with Crippen molar-refractivity contribution in [3.63, 3.8) is 0 Å². The quantitative estimate of drug-likeness (QED) is 0.435. The number of pyridine rings is 1. The van der Waals surface area contributed by atoms with Crippen molar-refractivity contribution in [3.8, 4) is 11.5 Å². The van der Waals surface area contributed by atoms with Crippen molar-refractivity contribution in [2.24, 2.45) is 5.73 Å². The summed E-state index contributed by atoms with van der Waals surface area (Å²) in [6.45, 7) is 1.97. The van der Waals surface area contributed by atoms with Crippen LogP contribution in [0.15, 0.2) is 53.5 Å². The largest absolute Gasteiger partial charge is 0.573 e. The summed E-state index contributed by atoms with van der Waals surface area (Å²) < 4.78 is 48.6. The number of benzene rings is 2. The molecule has 182 valence electrons. The van der Waals surface area contributed by atoms with Crippen molar-refractivity contribution in [1.82, 2.24) is 4.98 Å². The third kappa shape index (κ3) is 5.03. The minimum atomic E-state index is -4.76. The third-order valence-electron chi connectivity index (χ3n) is 6.74. The first-order valence-corrected chi connectivity index (χ1v) is 11.6. The maximum absolute atomic E-state index is 12.8. The van der Waals surface area contributed by atoms with Gasteiger partial charge in [-0.05, 0) is 73.4 Å². The van der Waals surface area contributed by atoms with Crippen molar-refractivity contribution >= 4 is 22.4 Å². The highest BCUT2D eigenvalue weighted by atomic mass is 35.5. The summed E-state index contributed by atoms with van der Waals surface area (Å²) in [7, 11) is 0. The van der Waals surface area contributed by atoms with E-state index in [2.05, 4.69) is 9.72 Å². The van der Waals surface area contributed by atoms with Gasteiger partial charge in [0.25, 0.3) is 5.56 Å². The molecule has 3 aromatic rings. The molecule has 9 heteroatoms. The molecule has 0 radical (unpaired) electrons. The number of alkyl halides is 3. The second kappa shape index (κ2) is 9.50. The predicted molar refractivity (Wildman–Crippen MR) is 126 cm³/mol. The standard InChI is InChI=1S/C25H26ClF3N2O3/c1-2-22(30)24(16-4-3-5-18(13-16)34-25(27,28)29)9-6-17(7-10-24)33-21-12-15-8-11-31-23(32)19(15)14-20(21)26/h3-5,8,11-14,17,22H,2,6-7,9-10,30H2,1H3,(H,31,32)/t17?,22-,24?/m1/s1. The van der Waals surface area contributed by atoms with Crippen molar-refractivity contribution in [3.05, 3.63) is 69.6 Å². The molecule has 1 aliphatic rings. The first-order valence-electron chi connectivity index (χ1n) is 11.2. The molecule has 1 aliphatic carbocycles. The Morgan fingerprint density at radius 3 is 2.62 bits per heavy atom. The Bertz CT molecular complexity index is 1220. The van der Waals surface area contributed by atoms with Gasteiger partial charge in [-0.25, -0.2) is 0 Å². The van der Waals surface area contributed by atoms with E-state index >= 15 is 0 Å². The van der Waals surface area contributed by atoms with Gasteiger partial charge >= 0.3 is 6.36 Å². The minimum Gasteiger partial charge on any atom is -0.489 e. The number of aromatic amines is 1. The lowest BCUT2D eigenvalue weighted by Gasteiger charge is -2.44. The molecule has 5 nitrogen and oxygen atoms in total. The van der Waals surface area contributed by atoms with Crippen LogP contribution in [0.25, 0.3) is 10.8 Å². The van der Waals surface area contributed by atoms with Crippen LogP contribution in [-0.4, -0.2) is 23.5 Å². The Balaban J connectivity index is 1.55. The average Bonchev–Trinajstić information content (AvgIpc) is 2.79. The highest BCUT2D eigenvalue weighted by molar-refractivity contribution is 6.32. The average molecular weight is 495 g/mol. The van der Waals surface area contributed by atoms with Gasteiger partial charge in [0.05, 0.1) is 11.1 Å². The van der Waals surface area contributed by atoms with Gasteiger partial charge in [0, 0.05) is 23.0 Å².